The number of likely N-dealkylation sites (tertiary alicyclic amines) is 1. The van der Waals surface area contributed by atoms with E-state index < -0.39 is 0 Å². The van der Waals surface area contributed by atoms with E-state index in [0.29, 0.717) is 38.5 Å². The molecule has 30 heavy (non-hydrogen) atoms. The van der Waals surface area contributed by atoms with Gasteiger partial charge in [-0.05, 0) is 50.3 Å². The summed E-state index contributed by atoms with van der Waals surface area (Å²) in [4.78, 5) is 31.2. The normalized spacial score (nSPS) is 16.0. The van der Waals surface area contributed by atoms with Gasteiger partial charge in [0.15, 0.2) is 5.16 Å². The molecule has 0 radical (unpaired) electrons. The maximum absolute atomic E-state index is 12.9. The SMILES string of the molecule is CCOC(=O)C1CCN(C(=O)C(C)Sc2nccn2-c2ccc(C(C)C)cc2)CC1. The minimum absolute atomic E-state index is 0.0898. The van der Waals surface area contributed by atoms with Crippen molar-refractivity contribution in [1.82, 2.24) is 14.5 Å². The number of carbonyl (C=O) groups excluding carboxylic acids is 2. The topological polar surface area (TPSA) is 64.4 Å². The lowest BCUT2D eigenvalue weighted by molar-refractivity contribution is -0.151. The van der Waals surface area contributed by atoms with Crippen LogP contribution >= 0.6 is 11.8 Å². The van der Waals surface area contributed by atoms with Crippen LogP contribution in [0.25, 0.3) is 5.69 Å². The first-order valence-corrected chi connectivity index (χ1v) is 11.5. The second-order valence-corrected chi connectivity index (χ2v) is 9.25. The number of amides is 1. The monoisotopic (exact) mass is 429 g/mol. The molecule has 1 atom stereocenters. The fourth-order valence-electron chi connectivity index (χ4n) is 3.65. The van der Waals surface area contributed by atoms with Crippen molar-refractivity contribution in [2.75, 3.05) is 19.7 Å². The molecule has 1 aromatic carbocycles. The lowest BCUT2D eigenvalue weighted by Crippen LogP contribution is -2.43. The van der Waals surface area contributed by atoms with E-state index in [1.807, 2.05) is 29.5 Å². The summed E-state index contributed by atoms with van der Waals surface area (Å²) in [5.74, 6) is 0.343. The van der Waals surface area contributed by atoms with Gasteiger partial charge in [-0.25, -0.2) is 4.98 Å². The molecule has 1 saturated heterocycles. The number of hydrogen-bond donors (Lipinski definition) is 0. The molecular weight excluding hydrogens is 398 g/mol. The number of hydrogen-bond acceptors (Lipinski definition) is 5. The zero-order valence-corrected chi connectivity index (χ0v) is 19.0. The van der Waals surface area contributed by atoms with Gasteiger partial charge in [-0.1, -0.05) is 37.7 Å². The summed E-state index contributed by atoms with van der Waals surface area (Å²) in [6.07, 6.45) is 5.02. The van der Waals surface area contributed by atoms with Crippen molar-refractivity contribution in [3.05, 3.63) is 42.2 Å². The Labute approximate surface area is 183 Å². The van der Waals surface area contributed by atoms with E-state index in [-0.39, 0.29) is 23.0 Å². The van der Waals surface area contributed by atoms with Gasteiger partial charge in [0.2, 0.25) is 5.91 Å². The molecule has 1 aliphatic heterocycles. The number of imidazole rings is 1. The van der Waals surface area contributed by atoms with Crippen molar-refractivity contribution < 1.29 is 14.3 Å². The minimum atomic E-state index is -0.250. The molecule has 0 spiro atoms. The van der Waals surface area contributed by atoms with E-state index >= 15 is 0 Å². The van der Waals surface area contributed by atoms with Crippen molar-refractivity contribution in [3.63, 3.8) is 0 Å². The molecular formula is C23H31N3O3S. The van der Waals surface area contributed by atoms with Crippen LogP contribution in [0.4, 0.5) is 0 Å². The molecule has 0 aliphatic carbocycles. The molecule has 1 fully saturated rings. The third-order valence-corrected chi connectivity index (χ3v) is 6.57. The predicted molar refractivity (Wildman–Crippen MR) is 119 cm³/mol. The number of aromatic nitrogens is 2. The Bertz CT molecular complexity index is 855. The van der Waals surface area contributed by atoms with Gasteiger partial charge in [0.1, 0.15) is 0 Å². The van der Waals surface area contributed by atoms with Crippen LogP contribution in [0, 0.1) is 5.92 Å². The van der Waals surface area contributed by atoms with Crippen LogP contribution in [-0.4, -0.2) is 51.3 Å². The summed E-state index contributed by atoms with van der Waals surface area (Å²) in [5, 5.41) is 0.551. The number of ether oxygens (including phenoxy) is 1. The molecule has 2 aromatic rings. The van der Waals surface area contributed by atoms with Gasteiger partial charge >= 0.3 is 5.97 Å². The van der Waals surface area contributed by atoms with Crippen LogP contribution in [0.2, 0.25) is 0 Å². The smallest absolute Gasteiger partial charge is 0.309 e. The molecule has 1 aliphatic rings. The summed E-state index contributed by atoms with van der Waals surface area (Å²) < 4.78 is 7.13. The third-order valence-electron chi connectivity index (χ3n) is 5.50. The maximum atomic E-state index is 12.9. The van der Waals surface area contributed by atoms with Crippen LogP contribution in [-0.2, 0) is 14.3 Å². The highest BCUT2D eigenvalue weighted by atomic mass is 32.2. The highest BCUT2D eigenvalue weighted by Crippen LogP contribution is 2.28. The second kappa shape index (κ2) is 10.2. The van der Waals surface area contributed by atoms with E-state index in [9.17, 15) is 9.59 Å². The van der Waals surface area contributed by atoms with Crippen LogP contribution in [0.15, 0.2) is 41.8 Å². The van der Waals surface area contributed by atoms with Gasteiger partial charge in [-0.15, -0.1) is 0 Å². The lowest BCUT2D eigenvalue weighted by atomic mass is 9.97. The van der Waals surface area contributed by atoms with Crippen molar-refractivity contribution in [2.24, 2.45) is 5.92 Å². The number of piperidine rings is 1. The van der Waals surface area contributed by atoms with Crippen LogP contribution in [0.3, 0.4) is 0 Å². The van der Waals surface area contributed by atoms with Crippen LogP contribution in [0.5, 0.6) is 0 Å². The van der Waals surface area contributed by atoms with Crippen molar-refractivity contribution in [2.45, 2.75) is 56.9 Å². The van der Waals surface area contributed by atoms with Gasteiger partial charge < -0.3 is 9.64 Å². The number of rotatable bonds is 7. The van der Waals surface area contributed by atoms with Crippen molar-refractivity contribution >= 4 is 23.6 Å². The molecule has 162 valence electrons. The van der Waals surface area contributed by atoms with Gasteiger partial charge in [-0.2, -0.15) is 0 Å². The Morgan fingerprint density at radius 3 is 2.43 bits per heavy atom. The second-order valence-electron chi connectivity index (χ2n) is 7.94. The quantitative estimate of drug-likeness (QED) is 0.486. The molecule has 6 nitrogen and oxygen atoms in total. The minimum Gasteiger partial charge on any atom is -0.466 e. The lowest BCUT2D eigenvalue weighted by Gasteiger charge is -2.32. The molecule has 2 heterocycles. The first-order valence-electron chi connectivity index (χ1n) is 10.7. The number of nitrogens with zero attached hydrogens (tertiary/aromatic N) is 3. The zero-order chi connectivity index (χ0) is 21.7. The zero-order valence-electron chi connectivity index (χ0n) is 18.2. The Kier molecular flexibility index (Phi) is 7.58. The molecule has 0 N–H and O–H groups in total. The first kappa shape index (κ1) is 22.4. The van der Waals surface area contributed by atoms with Gasteiger partial charge in [0, 0.05) is 31.2 Å². The molecule has 7 heteroatoms. The van der Waals surface area contributed by atoms with Gasteiger partial charge in [0.05, 0.1) is 17.8 Å². The highest BCUT2D eigenvalue weighted by Gasteiger charge is 2.30. The standard InChI is InChI=1S/C23H31N3O3S/c1-5-29-22(28)19-10-13-25(14-11-19)21(27)17(4)30-23-24-12-15-26(23)20-8-6-18(7-9-20)16(2)3/h6-9,12,15-17,19H,5,10-11,13-14H2,1-4H3. The first-order chi connectivity index (χ1) is 14.4. The van der Waals surface area contributed by atoms with Crippen LogP contribution in [0.1, 0.15) is 52.0 Å². The number of carbonyl (C=O) groups is 2. The Morgan fingerprint density at radius 2 is 1.83 bits per heavy atom. The Balaban J connectivity index is 1.60. The molecule has 1 unspecified atom stereocenters. The van der Waals surface area contributed by atoms with E-state index in [0.717, 1.165) is 10.8 Å². The largest absolute Gasteiger partial charge is 0.466 e. The summed E-state index contributed by atoms with van der Waals surface area (Å²) in [7, 11) is 0. The Morgan fingerprint density at radius 1 is 1.17 bits per heavy atom. The summed E-state index contributed by atoms with van der Waals surface area (Å²) in [6, 6.07) is 8.45. The third kappa shape index (κ3) is 5.25. The molecule has 3 rings (SSSR count). The van der Waals surface area contributed by atoms with Crippen molar-refractivity contribution in [1.29, 1.82) is 0 Å². The number of esters is 1. The Hall–Kier alpha value is -2.28. The fourth-order valence-corrected chi connectivity index (χ4v) is 4.62. The number of thioether (sulfide) groups is 1. The van der Waals surface area contributed by atoms with E-state index in [1.54, 1.807) is 6.20 Å². The van der Waals surface area contributed by atoms with Gasteiger partial charge in [-0.3, -0.25) is 14.2 Å². The molecule has 1 amide bonds. The molecule has 0 bridgehead atoms. The average molecular weight is 430 g/mol. The molecule has 0 saturated carbocycles. The highest BCUT2D eigenvalue weighted by molar-refractivity contribution is 8.00. The fraction of sp³-hybridized carbons (Fsp3) is 0.522. The van der Waals surface area contributed by atoms with Gasteiger partial charge in [0.25, 0.3) is 0 Å². The van der Waals surface area contributed by atoms with E-state index in [4.69, 9.17) is 4.74 Å². The average Bonchev–Trinajstić information content (AvgIpc) is 3.21. The van der Waals surface area contributed by atoms with Crippen LogP contribution < -0.4 is 0 Å². The number of benzene rings is 1. The summed E-state index contributed by atoms with van der Waals surface area (Å²) in [6.45, 7) is 9.69. The summed E-state index contributed by atoms with van der Waals surface area (Å²) in [5.41, 5.74) is 2.33. The van der Waals surface area contributed by atoms with E-state index in [2.05, 4.69) is 43.1 Å². The predicted octanol–water partition coefficient (Wildman–Crippen LogP) is 4.28. The maximum Gasteiger partial charge on any atom is 0.309 e. The summed E-state index contributed by atoms with van der Waals surface area (Å²) >= 11 is 1.47. The van der Waals surface area contributed by atoms with E-state index in [1.165, 1.54) is 17.3 Å². The van der Waals surface area contributed by atoms with Crippen molar-refractivity contribution in [3.8, 4) is 5.69 Å². The molecule has 1 aromatic heterocycles.